The van der Waals surface area contributed by atoms with Crippen LogP contribution in [0.4, 0.5) is 0 Å². The second-order valence-electron chi connectivity index (χ2n) is 3.97. The number of carbonyl (C=O) groups is 1. The van der Waals surface area contributed by atoms with Crippen LogP contribution >= 0.6 is 0 Å². The Morgan fingerprint density at radius 1 is 1.50 bits per heavy atom. The van der Waals surface area contributed by atoms with Gasteiger partial charge in [-0.1, -0.05) is 0 Å². The van der Waals surface area contributed by atoms with Crippen LogP contribution in [0, 0.1) is 0 Å². The number of hydrogen-bond donors (Lipinski definition) is 2. The molecule has 1 amide bonds. The molecule has 0 saturated heterocycles. The summed E-state index contributed by atoms with van der Waals surface area (Å²) in [6.07, 6.45) is -0.686. The number of aliphatic hydroxyl groups excluding tert-OH is 1. The first-order valence-electron chi connectivity index (χ1n) is 5.23. The second-order valence-corrected chi connectivity index (χ2v) is 6.05. The molecule has 18 heavy (non-hydrogen) atoms. The summed E-state index contributed by atoms with van der Waals surface area (Å²) in [5.41, 5.74) is 0. The first-order valence-corrected chi connectivity index (χ1v) is 6.67. The van der Waals surface area contributed by atoms with Crippen molar-refractivity contribution >= 4 is 15.9 Å². The van der Waals surface area contributed by atoms with Gasteiger partial charge < -0.3 is 14.8 Å². The van der Waals surface area contributed by atoms with Crippen molar-refractivity contribution in [1.29, 1.82) is 0 Å². The zero-order valence-corrected chi connectivity index (χ0v) is 11.2. The zero-order valence-electron chi connectivity index (χ0n) is 10.4. The molecule has 0 aliphatic carbocycles. The van der Waals surface area contributed by atoms with Gasteiger partial charge in [-0.25, -0.2) is 12.7 Å². The van der Waals surface area contributed by atoms with Gasteiger partial charge in [0.1, 0.15) is 0 Å². The lowest BCUT2D eigenvalue weighted by Gasteiger charge is -2.08. The number of amides is 1. The van der Waals surface area contributed by atoms with Gasteiger partial charge in [-0.05, 0) is 19.1 Å². The predicted molar refractivity (Wildman–Crippen MR) is 63.6 cm³/mol. The van der Waals surface area contributed by atoms with Crippen molar-refractivity contribution in [2.24, 2.45) is 0 Å². The largest absolute Gasteiger partial charge is 0.438 e. The average molecular weight is 276 g/mol. The lowest BCUT2D eigenvalue weighted by molar-refractivity contribution is 0.0891. The Bertz CT molecular complexity index is 518. The molecule has 2 N–H and O–H groups in total. The van der Waals surface area contributed by atoms with Crippen LogP contribution in [0.25, 0.3) is 0 Å². The molecule has 0 radical (unpaired) electrons. The van der Waals surface area contributed by atoms with Crippen LogP contribution in [-0.2, 0) is 10.0 Å². The van der Waals surface area contributed by atoms with Crippen molar-refractivity contribution < 1.29 is 22.7 Å². The van der Waals surface area contributed by atoms with E-state index in [0.717, 1.165) is 4.31 Å². The fourth-order valence-electron chi connectivity index (χ4n) is 1.09. The minimum Gasteiger partial charge on any atom is -0.438 e. The molecule has 7 nitrogen and oxygen atoms in total. The molecule has 0 aliphatic heterocycles. The molecule has 0 aromatic carbocycles. The van der Waals surface area contributed by atoms with Crippen molar-refractivity contribution in [1.82, 2.24) is 9.62 Å². The number of nitrogens with one attached hydrogen (secondary N) is 1. The van der Waals surface area contributed by atoms with Gasteiger partial charge >= 0.3 is 0 Å². The lowest BCUT2D eigenvalue weighted by atomic mass is 10.4. The molecule has 0 spiro atoms. The standard InChI is InChI=1S/C10H16N2O5S/c1-7(13)6-11-10(14)8-4-5-9(17-8)18(15,16)12(2)3/h4-5,7,13H,6H2,1-3H3,(H,11,14)/t7-/m0/s1. The topological polar surface area (TPSA) is 99.8 Å². The Labute approximate surface area is 105 Å². The maximum Gasteiger partial charge on any atom is 0.287 e. The molecule has 102 valence electrons. The molecule has 1 aromatic rings. The van der Waals surface area contributed by atoms with Gasteiger partial charge in [0, 0.05) is 20.6 Å². The summed E-state index contributed by atoms with van der Waals surface area (Å²) in [6.45, 7) is 1.58. The number of furan rings is 1. The number of sulfonamides is 1. The van der Waals surface area contributed by atoms with Gasteiger partial charge in [0.15, 0.2) is 5.76 Å². The highest BCUT2D eigenvalue weighted by molar-refractivity contribution is 7.88. The van der Waals surface area contributed by atoms with E-state index in [2.05, 4.69) is 5.32 Å². The van der Waals surface area contributed by atoms with E-state index in [9.17, 15) is 13.2 Å². The highest BCUT2D eigenvalue weighted by Gasteiger charge is 2.23. The van der Waals surface area contributed by atoms with E-state index in [-0.39, 0.29) is 17.4 Å². The molecule has 8 heteroatoms. The molecule has 0 saturated carbocycles. The van der Waals surface area contributed by atoms with Crippen LogP contribution in [0.2, 0.25) is 0 Å². The van der Waals surface area contributed by atoms with Gasteiger partial charge in [-0.3, -0.25) is 4.79 Å². The number of aliphatic hydroxyl groups is 1. The molecule has 1 rings (SSSR count). The highest BCUT2D eigenvalue weighted by Crippen LogP contribution is 2.16. The molecule has 1 heterocycles. The first kappa shape index (κ1) is 14.7. The fraction of sp³-hybridized carbons (Fsp3) is 0.500. The Morgan fingerprint density at radius 3 is 2.61 bits per heavy atom. The van der Waals surface area contributed by atoms with E-state index in [1.165, 1.54) is 33.2 Å². The van der Waals surface area contributed by atoms with Gasteiger partial charge in [0.25, 0.3) is 15.9 Å². The minimum absolute atomic E-state index is 0.0648. The summed E-state index contributed by atoms with van der Waals surface area (Å²) < 4.78 is 29.4. The molecule has 0 aliphatic rings. The molecule has 1 atom stereocenters. The number of carbonyl (C=O) groups excluding carboxylic acids is 1. The Hall–Kier alpha value is -1.38. The van der Waals surface area contributed by atoms with E-state index < -0.39 is 22.0 Å². The molecule has 0 fully saturated rings. The third-order valence-electron chi connectivity index (χ3n) is 2.10. The van der Waals surface area contributed by atoms with Crippen molar-refractivity contribution in [3.05, 3.63) is 17.9 Å². The lowest BCUT2D eigenvalue weighted by Crippen LogP contribution is -2.30. The van der Waals surface area contributed by atoms with Gasteiger partial charge in [0.05, 0.1) is 6.10 Å². The Kier molecular flexibility index (Phi) is 4.49. The minimum atomic E-state index is -3.68. The fourth-order valence-corrected chi connectivity index (χ4v) is 1.88. The predicted octanol–water partition coefficient (Wildman–Crippen LogP) is -0.359. The van der Waals surface area contributed by atoms with Crippen LogP contribution in [0.5, 0.6) is 0 Å². The number of rotatable bonds is 5. The number of hydrogen-bond acceptors (Lipinski definition) is 5. The normalized spacial score (nSPS) is 13.6. The van der Waals surface area contributed by atoms with Crippen LogP contribution in [0.3, 0.4) is 0 Å². The quantitative estimate of drug-likeness (QED) is 0.765. The maximum absolute atomic E-state index is 11.7. The van der Waals surface area contributed by atoms with Crippen molar-refractivity contribution in [3.63, 3.8) is 0 Å². The summed E-state index contributed by atoms with van der Waals surface area (Å²) >= 11 is 0. The van der Waals surface area contributed by atoms with Crippen molar-refractivity contribution in [2.75, 3.05) is 20.6 Å². The monoisotopic (exact) mass is 276 g/mol. The molecule has 0 unspecified atom stereocenters. The van der Waals surface area contributed by atoms with Crippen LogP contribution < -0.4 is 5.32 Å². The van der Waals surface area contributed by atoms with E-state index in [1.54, 1.807) is 0 Å². The van der Waals surface area contributed by atoms with Crippen LogP contribution in [0.1, 0.15) is 17.5 Å². The van der Waals surface area contributed by atoms with Crippen LogP contribution in [-0.4, -0.2) is 50.5 Å². The smallest absolute Gasteiger partial charge is 0.287 e. The van der Waals surface area contributed by atoms with Crippen molar-refractivity contribution in [3.8, 4) is 0 Å². The first-order chi connectivity index (χ1) is 8.25. The summed E-state index contributed by atoms with van der Waals surface area (Å²) in [5, 5.41) is 11.1. The Balaban J connectivity index is 2.84. The van der Waals surface area contributed by atoms with Gasteiger partial charge in [0.2, 0.25) is 5.09 Å². The third kappa shape index (κ3) is 3.31. The van der Waals surface area contributed by atoms with Gasteiger partial charge in [-0.2, -0.15) is 0 Å². The molecular formula is C10H16N2O5S. The summed E-state index contributed by atoms with van der Waals surface area (Å²) in [6, 6.07) is 2.49. The zero-order chi connectivity index (χ0) is 13.9. The van der Waals surface area contributed by atoms with Gasteiger partial charge in [-0.15, -0.1) is 0 Å². The summed E-state index contributed by atoms with van der Waals surface area (Å²) in [4.78, 5) is 11.5. The summed E-state index contributed by atoms with van der Waals surface area (Å²) in [7, 11) is -0.951. The summed E-state index contributed by atoms with van der Waals surface area (Å²) in [5.74, 6) is -0.688. The second kappa shape index (κ2) is 5.51. The highest BCUT2D eigenvalue weighted by atomic mass is 32.2. The molecule has 0 bridgehead atoms. The average Bonchev–Trinajstić information content (AvgIpc) is 2.75. The van der Waals surface area contributed by atoms with E-state index in [1.807, 2.05) is 0 Å². The SMILES string of the molecule is C[C@H](O)CNC(=O)c1ccc(S(=O)(=O)N(C)C)o1. The third-order valence-corrected chi connectivity index (χ3v) is 3.79. The maximum atomic E-state index is 11.7. The van der Waals surface area contributed by atoms with E-state index >= 15 is 0 Å². The van der Waals surface area contributed by atoms with E-state index in [0.29, 0.717) is 0 Å². The van der Waals surface area contributed by atoms with Crippen molar-refractivity contribution in [2.45, 2.75) is 18.1 Å². The van der Waals surface area contributed by atoms with Crippen LogP contribution in [0.15, 0.2) is 21.6 Å². The molecule has 1 aromatic heterocycles. The molecular weight excluding hydrogens is 260 g/mol. The van der Waals surface area contributed by atoms with E-state index in [4.69, 9.17) is 9.52 Å². The Morgan fingerprint density at radius 2 is 2.11 bits per heavy atom. The number of nitrogens with zero attached hydrogens (tertiary/aromatic N) is 1.